The molecule has 9 heteroatoms. The number of alkyl halides is 2. The fraction of sp³-hybridized carbons (Fsp3) is 0.400. The van der Waals surface area contributed by atoms with Gasteiger partial charge in [-0.2, -0.15) is 0 Å². The monoisotopic (exact) mass is 411 g/mol. The second-order valence-electron chi connectivity index (χ2n) is 6.99. The van der Waals surface area contributed by atoms with Crippen LogP contribution in [0.25, 0.3) is 0 Å². The van der Waals surface area contributed by atoms with E-state index in [-0.39, 0.29) is 17.2 Å². The number of fused-ring (bicyclic) bond motifs is 1. The average molecular weight is 411 g/mol. The van der Waals surface area contributed by atoms with Gasteiger partial charge in [0.05, 0.1) is 7.11 Å². The summed E-state index contributed by atoms with van der Waals surface area (Å²) in [6.45, 7) is 1.40. The lowest BCUT2D eigenvalue weighted by molar-refractivity contribution is -0.286. The van der Waals surface area contributed by atoms with Gasteiger partial charge in [-0.3, -0.25) is 4.90 Å². The van der Waals surface area contributed by atoms with Gasteiger partial charge >= 0.3 is 6.29 Å². The molecule has 4 rings (SSSR count). The van der Waals surface area contributed by atoms with Gasteiger partial charge in [0.1, 0.15) is 18.0 Å². The summed E-state index contributed by atoms with van der Waals surface area (Å²) in [5.41, 5.74) is 0.761. The molecule has 29 heavy (non-hydrogen) atoms. The molecule has 0 amide bonds. The number of likely N-dealkylation sites (tertiary alicyclic amines) is 1. The van der Waals surface area contributed by atoms with Gasteiger partial charge in [-0.15, -0.1) is 8.78 Å². The first kappa shape index (κ1) is 19.7. The van der Waals surface area contributed by atoms with Crippen LogP contribution < -0.4 is 18.9 Å². The molecule has 2 aliphatic heterocycles. The Morgan fingerprint density at radius 1 is 1.14 bits per heavy atom. The molecule has 1 saturated heterocycles. The molecular formula is C20H20F3NO5. The summed E-state index contributed by atoms with van der Waals surface area (Å²) in [7, 11) is 1.42. The molecular weight excluding hydrogens is 391 g/mol. The third kappa shape index (κ3) is 4.35. The summed E-state index contributed by atoms with van der Waals surface area (Å²) in [6, 6.07) is 8.59. The van der Waals surface area contributed by atoms with Gasteiger partial charge in [-0.25, -0.2) is 4.39 Å². The van der Waals surface area contributed by atoms with Crippen molar-refractivity contribution in [1.29, 1.82) is 0 Å². The molecule has 0 radical (unpaired) electrons. The van der Waals surface area contributed by atoms with E-state index >= 15 is 0 Å². The molecule has 0 unspecified atom stereocenters. The van der Waals surface area contributed by atoms with Crippen LogP contribution in [0.3, 0.4) is 0 Å². The van der Waals surface area contributed by atoms with Crippen molar-refractivity contribution in [2.45, 2.75) is 31.5 Å². The highest BCUT2D eigenvalue weighted by Gasteiger charge is 2.43. The highest BCUT2D eigenvalue weighted by Crippen LogP contribution is 2.41. The number of halogens is 3. The molecule has 1 N–H and O–H groups in total. The van der Waals surface area contributed by atoms with Crippen molar-refractivity contribution < 1.29 is 37.2 Å². The Hall–Kier alpha value is -2.65. The van der Waals surface area contributed by atoms with Gasteiger partial charge in [0.2, 0.25) is 0 Å². The summed E-state index contributed by atoms with van der Waals surface area (Å²) in [5.74, 6) is 0.180. The Labute approximate surface area is 165 Å². The number of aliphatic hydroxyl groups is 1. The van der Waals surface area contributed by atoms with Gasteiger partial charge in [0, 0.05) is 25.7 Å². The lowest BCUT2D eigenvalue weighted by Crippen LogP contribution is -2.48. The standard InChI is InChI=1S/C20H20F3NO5/c1-26-18-9-13(21)3-5-16(18)27-15-6-7-24(11-14(15)25)10-12-2-4-17-19(8-12)29-20(22,23)28-17/h2-5,8-9,14-15,25H,6-7,10-11H2,1H3/t14-,15-/m1/s1. The Morgan fingerprint density at radius 3 is 2.69 bits per heavy atom. The van der Waals surface area contributed by atoms with Crippen molar-refractivity contribution in [1.82, 2.24) is 4.90 Å². The van der Waals surface area contributed by atoms with Crippen molar-refractivity contribution in [3.8, 4) is 23.0 Å². The van der Waals surface area contributed by atoms with Crippen molar-refractivity contribution in [2.24, 2.45) is 0 Å². The molecule has 0 spiro atoms. The molecule has 2 aromatic rings. The van der Waals surface area contributed by atoms with Crippen LogP contribution in [0.2, 0.25) is 0 Å². The lowest BCUT2D eigenvalue weighted by Gasteiger charge is -2.36. The van der Waals surface area contributed by atoms with Crippen LogP contribution in [0, 0.1) is 5.82 Å². The van der Waals surface area contributed by atoms with E-state index in [0.29, 0.717) is 31.8 Å². The van der Waals surface area contributed by atoms with E-state index in [4.69, 9.17) is 9.47 Å². The van der Waals surface area contributed by atoms with Crippen LogP contribution in [0.1, 0.15) is 12.0 Å². The van der Waals surface area contributed by atoms with Gasteiger partial charge in [0.15, 0.2) is 23.0 Å². The minimum atomic E-state index is -3.64. The van der Waals surface area contributed by atoms with Gasteiger partial charge in [-0.05, 0) is 36.2 Å². The molecule has 0 bridgehead atoms. The second-order valence-corrected chi connectivity index (χ2v) is 6.99. The van der Waals surface area contributed by atoms with Gasteiger partial charge in [0.25, 0.3) is 0 Å². The molecule has 1 fully saturated rings. The number of hydrogen-bond acceptors (Lipinski definition) is 6. The van der Waals surface area contributed by atoms with E-state index in [1.807, 2.05) is 4.90 Å². The molecule has 2 heterocycles. The summed E-state index contributed by atoms with van der Waals surface area (Å²) >= 11 is 0. The van der Waals surface area contributed by atoms with E-state index in [9.17, 15) is 18.3 Å². The van der Waals surface area contributed by atoms with Crippen molar-refractivity contribution >= 4 is 0 Å². The maximum absolute atomic E-state index is 13.3. The number of benzene rings is 2. The van der Waals surface area contributed by atoms with Gasteiger partial charge < -0.3 is 24.1 Å². The Balaban J connectivity index is 1.36. The number of hydrogen-bond donors (Lipinski definition) is 1. The summed E-state index contributed by atoms with van der Waals surface area (Å²) in [6.07, 6.45) is -4.36. The van der Waals surface area contributed by atoms with Crippen molar-refractivity contribution in [3.05, 3.63) is 47.8 Å². The fourth-order valence-corrected chi connectivity index (χ4v) is 3.51. The number of nitrogens with zero attached hydrogens (tertiary/aromatic N) is 1. The van der Waals surface area contributed by atoms with Crippen LogP contribution in [0.15, 0.2) is 36.4 Å². The van der Waals surface area contributed by atoms with E-state index in [1.54, 1.807) is 6.07 Å². The van der Waals surface area contributed by atoms with Crippen molar-refractivity contribution in [3.63, 3.8) is 0 Å². The predicted octanol–water partition coefficient (Wildman–Crippen LogP) is 3.17. The number of β-amino-alcohol motifs (C(OH)–C–C–N with tert-alkyl or cyclic N) is 1. The highest BCUT2D eigenvalue weighted by molar-refractivity contribution is 5.45. The lowest BCUT2D eigenvalue weighted by atomic mass is 10.0. The Morgan fingerprint density at radius 2 is 1.93 bits per heavy atom. The third-order valence-electron chi connectivity index (χ3n) is 4.88. The number of rotatable bonds is 5. The highest BCUT2D eigenvalue weighted by atomic mass is 19.3. The third-order valence-corrected chi connectivity index (χ3v) is 4.88. The molecule has 0 saturated carbocycles. The minimum Gasteiger partial charge on any atom is -0.493 e. The smallest absolute Gasteiger partial charge is 0.493 e. The number of aliphatic hydroxyl groups excluding tert-OH is 1. The fourth-order valence-electron chi connectivity index (χ4n) is 3.51. The number of methoxy groups -OCH3 is 1. The first-order valence-corrected chi connectivity index (χ1v) is 9.12. The maximum atomic E-state index is 13.3. The predicted molar refractivity (Wildman–Crippen MR) is 95.9 cm³/mol. The topological polar surface area (TPSA) is 60.4 Å². The minimum absolute atomic E-state index is 0.000798. The largest absolute Gasteiger partial charge is 0.586 e. The van der Waals surface area contributed by atoms with Crippen LogP contribution in [0.5, 0.6) is 23.0 Å². The number of ether oxygens (including phenoxy) is 4. The van der Waals surface area contributed by atoms with Gasteiger partial charge in [-0.1, -0.05) is 6.07 Å². The van der Waals surface area contributed by atoms with Crippen LogP contribution in [-0.2, 0) is 6.54 Å². The van der Waals surface area contributed by atoms with Crippen molar-refractivity contribution in [2.75, 3.05) is 20.2 Å². The zero-order valence-electron chi connectivity index (χ0n) is 15.6. The van der Waals surface area contributed by atoms with Crippen LogP contribution in [-0.4, -0.2) is 48.7 Å². The van der Waals surface area contributed by atoms with E-state index < -0.39 is 24.3 Å². The zero-order valence-corrected chi connectivity index (χ0v) is 15.6. The average Bonchev–Trinajstić information content (AvgIpc) is 2.98. The van der Waals surface area contributed by atoms with Crippen LogP contribution in [0.4, 0.5) is 13.2 Å². The van der Waals surface area contributed by atoms with Crippen LogP contribution >= 0.6 is 0 Å². The molecule has 2 aromatic carbocycles. The maximum Gasteiger partial charge on any atom is 0.586 e. The SMILES string of the molecule is COc1cc(F)ccc1O[C@@H]1CCN(Cc2ccc3c(c2)OC(F)(F)O3)C[C@H]1O. The molecule has 2 atom stereocenters. The molecule has 0 aromatic heterocycles. The Kier molecular flexibility index (Phi) is 5.18. The first-order chi connectivity index (χ1) is 13.8. The normalized spacial score (nSPS) is 23.1. The zero-order chi connectivity index (χ0) is 20.6. The molecule has 2 aliphatic rings. The molecule has 6 nitrogen and oxygen atoms in total. The first-order valence-electron chi connectivity index (χ1n) is 9.12. The van der Waals surface area contributed by atoms with E-state index in [0.717, 1.165) is 5.56 Å². The number of piperidine rings is 1. The summed E-state index contributed by atoms with van der Waals surface area (Å²) < 4.78 is 59.4. The van der Waals surface area contributed by atoms with E-state index in [1.165, 1.54) is 37.4 Å². The summed E-state index contributed by atoms with van der Waals surface area (Å²) in [4.78, 5) is 1.99. The van der Waals surface area contributed by atoms with E-state index in [2.05, 4.69) is 9.47 Å². The molecule has 0 aliphatic carbocycles. The summed E-state index contributed by atoms with van der Waals surface area (Å²) in [5, 5.41) is 10.5. The second kappa shape index (κ2) is 7.64. The quantitative estimate of drug-likeness (QED) is 0.816. The Bertz CT molecular complexity index is 894. The molecule has 156 valence electrons.